The van der Waals surface area contributed by atoms with Gasteiger partial charge in [-0.15, -0.1) is 0 Å². The summed E-state index contributed by atoms with van der Waals surface area (Å²) in [6, 6.07) is 37.9. The van der Waals surface area contributed by atoms with Crippen LogP contribution in [-0.2, 0) is 35.5 Å². The summed E-state index contributed by atoms with van der Waals surface area (Å²) in [6.45, 7) is 5.87. The third-order valence-electron chi connectivity index (χ3n) is 7.33. The van der Waals surface area contributed by atoms with E-state index in [9.17, 15) is 4.79 Å². The van der Waals surface area contributed by atoms with Crippen molar-refractivity contribution in [3.8, 4) is 17.2 Å². The van der Waals surface area contributed by atoms with Gasteiger partial charge < -0.3 is 13.9 Å². The highest BCUT2D eigenvalue weighted by atomic mass is 16.5. The third-order valence-corrected chi connectivity index (χ3v) is 7.33. The predicted octanol–water partition coefficient (Wildman–Crippen LogP) is 7.45. The fourth-order valence-corrected chi connectivity index (χ4v) is 5.09. The van der Waals surface area contributed by atoms with Crippen LogP contribution in [0.3, 0.4) is 0 Å². The van der Waals surface area contributed by atoms with Crippen LogP contribution >= 0.6 is 0 Å². The zero-order valence-corrected chi connectivity index (χ0v) is 24.8. The summed E-state index contributed by atoms with van der Waals surface area (Å²) in [5.41, 5.74) is 5.19. The molecular weight excluding hydrogens is 536 g/mol. The SMILES string of the molecule is CCOC(=O)[C@H](Cc1ccc(OCCc2nc(-c3ccccc3)oc2C)cc1)N(Cc1ccccc1)Cc1ccccc1. The van der Waals surface area contributed by atoms with Gasteiger partial charge in [0.2, 0.25) is 5.89 Å². The Morgan fingerprint density at radius 2 is 1.37 bits per heavy atom. The first-order valence-electron chi connectivity index (χ1n) is 14.8. The lowest BCUT2D eigenvalue weighted by atomic mass is 10.0. The zero-order valence-electron chi connectivity index (χ0n) is 24.8. The van der Waals surface area contributed by atoms with Crippen LogP contribution in [0.5, 0.6) is 5.75 Å². The second-order valence-corrected chi connectivity index (χ2v) is 10.5. The summed E-state index contributed by atoms with van der Waals surface area (Å²) in [7, 11) is 0. The standard InChI is InChI=1S/C37H38N2O4/c1-3-41-37(40)35(39(26-30-13-7-4-8-14-30)27-31-15-9-5-10-16-31)25-29-19-21-33(22-20-29)42-24-23-34-28(2)43-36(38-34)32-17-11-6-12-18-32/h4-22,35H,3,23-27H2,1-2H3/t35-/m0/s1. The number of benzene rings is 4. The van der Waals surface area contributed by atoms with E-state index in [2.05, 4.69) is 34.1 Å². The van der Waals surface area contributed by atoms with Crippen LogP contribution in [0.15, 0.2) is 120 Å². The van der Waals surface area contributed by atoms with Gasteiger partial charge >= 0.3 is 5.97 Å². The van der Waals surface area contributed by atoms with Gasteiger partial charge in [0, 0.05) is 25.1 Å². The molecule has 0 bridgehead atoms. The highest BCUT2D eigenvalue weighted by molar-refractivity contribution is 5.76. The van der Waals surface area contributed by atoms with E-state index in [0.29, 0.717) is 45.0 Å². The Bertz CT molecular complexity index is 1510. The van der Waals surface area contributed by atoms with Crippen molar-refractivity contribution in [3.05, 3.63) is 143 Å². The molecule has 220 valence electrons. The highest BCUT2D eigenvalue weighted by Crippen LogP contribution is 2.23. The molecule has 0 aliphatic heterocycles. The lowest BCUT2D eigenvalue weighted by Crippen LogP contribution is -2.43. The average Bonchev–Trinajstić information content (AvgIpc) is 3.42. The minimum atomic E-state index is -0.443. The molecule has 0 saturated heterocycles. The summed E-state index contributed by atoms with van der Waals surface area (Å²) >= 11 is 0. The fourth-order valence-electron chi connectivity index (χ4n) is 5.09. The Labute approximate surface area is 253 Å². The van der Waals surface area contributed by atoms with Crippen LogP contribution in [-0.4, -0.2) is 35.1 Å². The number of esters is 1. The first kappa shape index (κ1) is 29.8. The Kier molecular flexibility index (Phi) is 10.4. The van der Waals surface area contributed by atoms with Crippen molar-refractivity contribution >= 4 is 5.97 Å². The molecule has 1 aromatic heterocycles. The van der Waals surface area contributed by atoms with E-state index < -0.39 is 6.04 Å². The summed E-state index contributed by atoms with van der Waals surface area (Å²) in [4.78, 5) is 20.2. The molecule has 6 nitrogen and oxygen atoms in total. The van der Waals surface area contributed by atoms with Crippen molar-refractivity contribution in [2.45, 2.75) is 45.8 Å². The van der Waals surface area contributed by atoms with E-state index in [1.807, 2.05) is 105 Å². The van der Waals surface area contributed by atoms with Gasteiger partial charge in [-0.25, -0.2) is 4.98 Å². The summed E-state index contributed by atoms with van der Waals surface area (Å²) in [6.07, 6.45) is 1.17. The number of nitrogens with zero attached hydrogens (tertiary/aromatic N) is 2. The second kappa shape index (κ2) is 15.0. The van der Waals surface area contributed by atoms with Crippen molar-refractivity contribution in [1.82, 2.24) is 9.88 Å². The monoisotopic (exact) mass is 574 g/mol. The van der Waals surface area contributed by atoms with Crippen molar-refractivity contribution in [3.63, 3.8) is 0 Å². The van der Waals surface area contributed by atoms with Gasteiger partial charge in [-0.3, -0.25) is 9.69 Å². The lowest BCUT2D eigenvalue weighted by Gasteiger charge is -2.30. The molecule has 1 heterocycles. The minimum absolute atomic E-state index is 0.215. The summed E-state index contributed by atoms with van der Waals surface area (Å²) in [5, 5.41) is 0. The van der Waals surface area contributed by atoms with E-state index in [1.54, 1.807) is 0 Å². The molecule has 0 saturated carbocycles. The number of hydrogen-bond donors (Lipinski definition) is 0. The molecule has 1 atom stereocenters. The van der Waals surface area contributed by atoms with Crippen LogP contribution in [0.2, 0.25) is 0 Å². The van der Waals surface area contributed by atoms with E-state index in [-0.39, 0.29) is 5.97 Å². The van der Waals surface area contributed by atoms with Gasteiger partial charge in [-0.2, -0.15) is 0 Å². The molecule has 0 radical (unpaired) electrons. The van der Waals surface area contributed by atoms with E-state index in [1.165, 1.54) is 0 Å². The molecular formula is C37H38N2O4. The average molecular weight is 575 g/mol. The molecule has 0 aliphatic carbocycles. The van der Waals surface area contributed by atoms with Crippen molar-refractivity contribution < 1.29 is 18.7 Å². The topological polar surface area (TPSA) is 64.8 Å². The lowest BCUT2D eigenvalue weighted by molar-refractivity contribution is -0.150. The molecule has 4 aromatic carbocycles. The number of aryl methyl sites for hydroxylation is 1. The van der Waals surface area contributed by atoms with E-state index >= 15 is 0 Å². The molecule has 0 fully saturated rings. The van der Waals surface area contributed by atoms with Gasteiger partial charge in [0.25, 0.3) is 0 Å². The number of rotatable bonds is 14. The number of carbonyl (C=O) groups excluding carboxylic acids is 1. The predicted molar refractivity (Wildman–Crippen MR) is 169 cm³/mol. The number of aromatic nitrogens is 1. The largest absolute Gasteiger partial charge is 0.493 e. The van der Waals surface area contributed by atoms with Gasteiger partial charge in [-0.05, 0) is 61.2 Å². The van der Waals surface area contributed by atoms with Crippen LogP contribution in [0.25, 0.3) is 11.5 Å². The molecule has 0 unspecified atom stereocenters. The van der Waals surface area contributed by atoms with Crippen LogP contribution in [0, 0.1) is 6.92 Å². The number of carbonyl (C=O) groups is 1. The Morgan fingerprint density at radius 3 is 1.95 bits per heavy atom. The number of ether oxygens (including phenoxy) is 2. The molecule has 43 heavy (non-hydrogen) atoms. The smallest absolute Gasteiger partial charge is 0.323 e. The van der Waals surface area contributed by atoms with Crippen LogP contribution < -0.4 is 4.74 Å². The van der Waals surface area contributed by atoms with Crippen molar-refractivity contribution in [2.75, 3.05) is 13.2 Å². The highest BCUT2D eigenvalue weighted by Gasteiger charge is 2.28. The quantitative estimate of drug-likeness (QED) is 0.128. The fraction of sp³-hybridized carbons (Fsp3) is 0.243. The maximum absolute atomic E-state index is 13.3. The van der Waals surface area contributed by atoms with Gasteiger partial charge in [0.15, 0.2) is 0 Å². The number of oxazole rings is 1. The van der Waals surface area contributed by atoms with E-state index in [0.717, 1.165) is 39.5 Å². The number of hydrogen-bond acceptors (Lipinski definition) is 6. The van der Waals surface area contributed by atoms with Gasteiger partial charge in [0.05, 0.1) is 18.9 Å². The molecule has 5 aromatic rings. The van der Waals surface area contributed by atoms with Crippen molar-refractivity contribution in [2.24, 2.45) is 0 Å². The first-order valence-corrected chi connectivity index (χ1v) is 14.8. The second-order valence-electron chi connectivity index (χ2n) is 10.5. The molecule has 0 N–H and O–H groups in total. The molecule has 5 rings (SSSR count). The van der Waals surface area contributed by atoms with Crippen LogP contribution in [0.4, 0.5) is 0 Å². The maximum atomic E-state index is 13.3. The summed E-state index contributed by atoms with van der Waals surface area (Å²) < 4.78 is 17.5. The Balaban J connectivity index is 1.25. The Morgan fingerprint density at radius 1 is 0.791 bits per heavy atom. The van der Waals surface area contributed by atoms with Gasteiger partial charge in [-0.1, -0.05) is 91.0 Å². The van der Waals surface area contributed by atoms with Gasteiger partial charge in [0.1, 0.15) is 17.6 Å². The minimum Gasteiger partial charge on any atom is -0.493 e. The molecule has 0 amide bonds. The molecule has 0 aliphatic rings. The Hall–Kier alpha value is -4.68. The maximum Gasteiger partial charge on any atom is 0.323 e. The zero-order chi connectivity index (χ0) is 29.9. The first-order chi connectivity index (χ1) is 21.1. The molecule has 0 spiro atoms. The normalized spacial score (nSPS) is 11.8. The third kappa shape index (κ3) is 8.43. The van der Waals surface area contributed by atoms with E-state index in [4.69, 9.17) is 13.9 Å². The summed E-state index contributed by atoms with van der Waals surface area (Å²) in [5.74, 6) is 1.99. The van der Waals surface area contributed by atoms with Crippen molar-refractivity contribution in [1.29, 1.82) is 0 Å². The molecule has 6 heteroatoms. The van der Waals surface area contributed by atoms with Crippen LogP contribution in [0.1, 0.15) is 35.1 Å².